The maximum absolute atomic E-state index is 14.5. The molecule has 0 aromatic heterocycles. The molecule has 4 nitrogen and oxygen atoms in total. The quantitative estimate of drug-likeness (QED) is 0.557. The highest BCUT2D eigenvalue weighted by Crippen LogP contribution is 2.49. The van der Waals surface area contributed by atoms with Crippen molar-refractivity contribution in [3.63, 3.8) is 0 Å². The summed E-state index contributed by atoms with van der Waals surface area (Å²) < 4.78 is 6.19. The van der Waals surface area contributed by atoms with Gasteiger partial charge in [0.1, 0.15) is 5.75 Å². The molecule has 5 atom stereocenters. The van der Waals surface area contributed by atoms with Crippen LogP contribution in [-0.2, 0) is 10.2 Å². The van der Waals surface area contributed by atoms with Crippen molar-refractivity contribution in [2.24, 2.45) is 5.92 Å². The van der Waals surface area contributed by atoms with Gasteiger partial charge < -0.3 is 15.0 Å². The molecule has 3 aliphatic heterocycles. The van der Waals surface area contributed by atoms with E-state index in [0.717, 1.165) is 44.6 Å². The van der Waals surface area contributed by atoms with Crippen LogP contribution in [-0.4, -0.2) is 36.5 Å². The van der Waals surface area contributed by atoms with Crippen molar-refractivity contribution in [2.45, 2.75) is 49.7 Å². The molecule has 0 aliphatic carbocycles. The Balaban J connectivity index is 1.35. The summed E-state index contributed by atoms with van der Waals surface area (Å²) in [7, 11) is 0. The maximum atomic E-state index is 14.5. The fourth-order valence-corrected chi connectivity index (χ4v) is 6.89. The number of para-hydroxylation sites is 1. The molecule has 1 unspecified atom stereocenters. The first-order chi connectivity index (χ1) is 17.2. The van der Waals surface area contributed by atoms with E-state index in [9.17, 15) is 4.79 Å². The fraction of sp³-hybridized carbons (Fsp3) is 0.387. The van der Waals surface area contributed by atoms with Crippen molar-refractivity contribution in [1.82, 2.24) is 10.2 Å². The van der Waals surface area contributed by atoms with E-state index in [1.807, 2.05) is 6.07 Å². The van der Waals surface area contributed by atoms with Crippen LogP contribution in [0.15, 0.2) is 84.9 Å². The lowest BCUT2D eigenvalue weighted by Gasteiger charge is -2.46. The van der Waals surface area contributed by atoms with Crippen molar-refractivity contribution >= 4 is 5.91 Å². The topological polar surface area (TPSA) is 41.6 Å². The molecular formula is C31H34N2O2. The van der Waals surface area contributed by atoms with Crippen LogP contribution in [0.5, 0.6) is 5.75 Å². The molecule has 1 amide bonds. The number of likely N-dealkylation sites (tertiary alicyclic amines) is 1. The van der Waals surface area contributed by atoms with Crippen LogP contribution >= 0.6 is 0 Å². The minimum atomic E-state index is -0.219. The van der Waals surface area contributed by atoms with Gasteiger partial charge in [-0.05, 0) is 49.3 Å². The van der Waals surface area contributed by atoms with Crippen LogP contribution in [0.1, 0.15) is 54.8 Å². The number of fused-ring (bicyclic) bond motifs is 2. The molecule has 0 saturated carbocycles. The number of amides is 1. The van der Waals surface area contributed by atoms with Crippen molar-refractivity contribution in [1.29, 1.82) is 0 Å². The molecule has 2 fully saturated rings. The molecule has 3 aliphatic rings. The minimum Gasteiger partial charge on any atom is -0.490 e. The Morgan fingerprint density at radius 2 is 1.63 bits per heavy atom. The third-order valence-corrected chi connectivity index (χ3v) is 8.50. The number of hydrogen-bond donors (Lipinski definition) is 1. The smallest absolute Gasteiger partial charge is 0.228 e. The van der Waals surface area contributed by atoms with Gasteiger partial charge in [0, 0.05) is 30.6 Å². The van der Waals surface area contributed by atoms with Gasteiger partial charge in [0.25, 0.3) is 0 Å². The molecule has 3 aromatic rings. The van der Waals surface area contributed by atoms with Crippen molar-refractivity contribution < 1.29 is 9.53 Å². The van der Waals surface area contributed by atoms with Crippen LogP contribution in [0.2, 0.25) is 0 Å². The van der Waals surface area contributed by atoms with Gasteiger partial charge in [0.2, 0.25) is 5.91 Å². The molecule has 2 saturated heterocycles. The molecule has 35 heavy (non-hydrogen) atoms. The van der Waals surface area contributed by atoms with Crippen LogP contribution in [0.3, 0.4) is 0 Å². The zero-order valence-electron chi connectivity index (χ0n) is 20.4. The summed E-state index contributed by atoms with van der Waals surface area (Å²) in [5.74, 6) is 1.61. The molecule has 6 rings (SSSR count). The summed E-state index contributed by atoms with van der Waals surface area (Å²) in [4.78, 5) is 16.7. The average Bonchev–Trinajstić information content (AvgIpc) is 3.32. The Bertz CT molecular complexity index is 1180. The summed E-state index contributed by atoms with van der Waals surface area (Å²) in [5, 5.41) is 3.60. The highest BCUT2D eigenvalue weighted by molar-refractivity contribution is 5.82. The van der Waals surface area contributed by atoms with E-state index in [0.29, 0.717) is 11.8 Å². The third-order valence-electron chi connectivity index (χ3n) is 8.50. The van der Waals surface area contributed by atoms with Gasteiger partial charge >= 0.3 is 0 Å². The molecule has 3 heterocycles. The second-order valence-electron chi connectivity index (χ2n) is 10.6. The van der Waals surface area contributed by atoms with Crippen LogP contribution in [0.25, 0.3) is 0 Å². The number of benzene rings is 3. The van der Waals surface area contributed by atoms with Crippen molar-refractivity contribution in [3.8, 4) is 5.75 Å². The Morgan fingerprint density at radius 1 is 0.943 bits per heavy atom. The maximum Gasteiger partial charge on any atom is 0.228 e. The molecular weight excluding hydrogens is 432 g/mol. The van der Waals surface area contributed by atoms with Gasteiger partial charge in [-0.15, -0.1) is 0 Å². The van der Waals surface area contributed by atoms with E-state index in [-0.39, 0.29) is 23.5 Å². The molecule has 1 N–H and O–H groups in total. The second kappa shape index (κ2) is 9.16. The van der Waals surface area contributed by atoms with Gasteiger partial charge in [0.15, 0.2) is 0 Å². The third kappa shape index (κ3) is 3.94. The van der Waals surface area contributed by atoms with Crippen LogP contribution < -0.4 is 10.1 Å². The Labute approximate surface area is 208 Å². The number of nitrogens with zero attached hydrogens (tertiary/aromatic N) is 1. The Kier molecular flexibility index (Phi) is 5.85. The number of rotatable bonds is 3. The SMILES string of the molecule is CC1C[C@]2(CNC[C@H]2C(=O)N2CC[C@@H](c3ccccc3)C[C@H]2c2ccccc2)c2ccccc2O1. The lowest BCUT2D eigenvalue weighted by Crippen LogP contribution is -2.51. The molecule has 0 radical (unpaired) electrons. The Hall–Kier alpha value is -3.11. The lowest BCUT2D eigenvalue weighted by atomic mass is 9.66. The fourth-order valence-electron chi connectivity index (χ4n) is 6.89. The summed E-state index contributed by atoms with van der Waals surface area (Å²) >= 11 is 0. The first-order valence-corrected chi connectivity index (χ1v) is 13.0. The van der Waals surface area contributed by atoms with E-state index in [4.69, 9.17) is 4.74 Å². The van der Waals surface area contributed by atoms with E-state index in [1.54, 1.807) is 0 Å². The number of hydrogen-bond acceptors (Lipinski definition) is 3. The predicted molar refractivity (Wildman–Crippen MR) is 138 cm³/mol. The van der Waals surface area contributed by atoms with Crippen LogP contribution in [0.4, 0.5) is 0 Å². The molecule has 0 bridgehead atoms. The van der Waals surface area contributed by atoms with E-state index in [2.05, 4.69) is 96.0 Å². The highest BCUT2D eigenvalue weighted by Gasteiger charge is 2.54. The lowest BCUT2D eigenvalue weighted by molar-refractivity contribution is -0.141. The second-order valence-corrected chi connectivity index (χ2v) is 10.6. The number of nitrogens with one attached hydrogen (secondary N) is 1. The minimum absolute atomic E-state index is 0.0884. The summed E-state index contributed by atoms with van der Waals surface area (Å²) in [6.07, 6.45) is 2.92. The molecule has 1 spiro atoms. The highest BCUT2D eigenvalue weighted by atomic mass is 16.5. The first kappa shape index (κ1) is 22.4. The molecule has 4 heteroatoms. The summed E-state index contributed by atoms with van der Waals surface area (Å²) in [6.45, 7) is 4.47. The molecule has 3 aromatic carbocycles. The number of piperidine rings is 1. The van der Waals surface area contributed by atoms with E-state index < -0.39 is 0 Å². The van der Waals surface area contributed by atoms with Crippen molar-refractivity contribution in [3.05, 3.63) is 102 Å². The largest absolute Gasteiger partial charge is 0.490 e. The van der Waals surface area contributed by atoms with E-state index in [1.165, 1.54) is 16.7 Å². The van der Waals surface area contributed by atoms with Crippen LogP contribution in [0, 0.1) is 5.92 Å². The van der Waals surface area contributed by atoms with Gasteiger partial charge in [-0.3, -0.25) is 4.79 Å². The number of carbonyl (C=O) groups excluding carboxylic acids is 1. The Morgan fingerprint density at radius 3 is 2.40 bits per heavy atom. The summed E-state index contributed by atoms with van der Waals surface area (Å²) in [6, 6.07) is 29.9. The number of carbonyl (C=O) groups is 1. The zero-order chi connectivity index (χ0) is 23.8. The predicted octanol–water partition coefficient (Wildman–Crippen LogP) is 5.46. The zero-order valence-corrected chi connectivity index (χ0v) is 20.4. The first-order valence-electron chi connectivity index (χ1n) is 13.0. The number of ether oxygens (including phenoxy) is 1. The standard InChI is InChI=1S/C31H34N2O2/c1-22-19-31(26-14-8-9-15-29(26)35-22)21-32-20-27(31)30(34)33-17-16-25(23-10-4-2-5-11-23)18-28(33)24-12-6-3-7-13-24/h2-15,22,25,27-28,32H,16-21H2,1H3/t22?,25-,27+,28+,31+/m1/s1. The molecule has 180 valence electrons. The van der Waals surface area contributed by atoms with Gasteiger partial charge in [0.05, 0.1) is 18.1 Å². The van der Waals surface area contributed by atoms with Crippen molar-refractivity contribution in [2.75, 3.05) is 19.6 Å². The van der Waals surface area contributed by atoms with Gasteiger partial charge in [-0.25, -0.2) is 0 Å². The van der Waals surface area contributed by atoms with E-state index >= 15 is 0 Å². The average molecular weight is 467 g/mol. The van der Waals surface area contributed by atoms with Gasteiger partial charge in [-0.2, -0.15) is 0 Å². The normalized spacial score (nSPS) is 30.0. The summed E-state index contributed by atoms with van der Waals surface area (Å²) in [5.41, 5.74) is 3.59. The van der Waals surface area contributed by atoms with Gasteiger partial charge in [-0.1, -0.05) is 78.9 Å². The monoisotopic (exact) mass is 466 g/mol.